The third-order valence-electron chi connectivity index (χ3n) is 2.58. The van der Waals surface area contributed by atoms with Crippen LogP contribution in [0.2, 0.25) is 0 Å². The zero-order valence-electron chi connectivity index (χ0n) is 11.3. The minimum Gasteiger partial charge on any atom is -0.389 e. The van der Waals surface area contributed by atoms with Crippen LogP contribution in [0, 0.1) is 0 Å². The van der Waals surface area contributed by atoms with Gasteiger partial charge in [0.05, 0.1) is 0 Å². The van der Waals surface area contributed by atoms with Gasteiger partial charge < -0.3 is 16.4 Å². The Balaban J connectivity index is 3.09. The quantitative estimate of drug-likeness (QED) is 0.553. The normalized spacial score (nSPS) is 11.7. The Morgan fingerprint density at radius 2 is 2.21 bits per heavy atom. The molecule has 1 unspecified atom stereocenters. The molecular formula is C13H19N3OS2. The molecule has 4 nitrogen and oxygen atoms in total. The highest BCUT2D eigenvalue weighted by Gasteiger charge is 2.16. The third-order valence-corrected chi connectivity index (χ3v) is 3.73. The van der Waals surface area contributed by atoms with E-state index in [4.69, 9.17) is 18.0 Å². The predicted octanol–water partition coefficient (Wildman–Crippen LogP) is 1.98. The van der Waals surface area contributed by atoms with Crippen LogP contribution in [0.3, 0.4) is 0 Å². The van der Waals surface area contributed by atoms with Gasteiger partial charge in [-0.1, -0.05) is 25.2 Å². The van der Waals surface area contributed by atoms with Crippen molar-refractivity contribution < 1.29 is 4.79 Å². The molecule has 1 rings (SSSR count). The molecule has 104 valence electrons. The van der Waals surface area contributed by atoms with Gasteiger partial charge in [-0.3, -0.25) is 4.79 Å². The Hall–Kier alpha value is -1.27. The van der Waals surface area contributed by atoms with E-state index in [1.165, 1.54) is 0 Å². The lowest BCUT2D eigenvalue weighted by Crippen LogP contribution is -2.35. The number of nitrogens with two attached hydrogens (primary N) is 1. The van der Waals surface area contributed by atoms with Gasteiger partial charge in [0.2, 0.25) is 5.91 Å². The van der Waals surface area contributed by atoms with E-state index in [1.807, 2.05) is 18.2 Å². The molecule has 6 heteroatoms. The van der Waals surface area contributed by atoms with Gasteiger partial charge >= 0.3 is 0 Å². The van der Waals surface area contributed by atoms with Crippen LogP contribution < -0.4 is 16.4 Å². The molecule has 0 spiro atoms. The Labute approximate surface area is 123 Å². The number of rotatable bonds is 6. The zero-order chi connectivity index (χ0) is 14.4. The molecule has 0 aliphatic heterocycles. The molecule has 0 saturated carbocycles. The Morgan fingerprint density at radius 3 is 2.74 bits per heavy atom. The Bertz CT molecular complexity index is 477. The summed E-state index contributed by atoms with van der Waals surface area (Å²) in [5.74, 6) is 0.854. The van der Waals surface area contributed by atoms with Crippen molar-refractivity contribution in [2.45, 2.75) is 24.8 Å². The maximum atomic E-state index is 11.6. The number of carbonyl (C=O) groups is 1. The summed E-state index contributed by atoms with van der Waals surface area (Å²) in [4.78, 5) is 12.9. The van der Waals surface area contributed by atoms with Crippen LogP contribution >= 0.6 is 24.0 Å². The van der Waals surface area contributed by atoms with Crippen molar-refractivity contribution >= 4 is 40.6 Å². The minimum atomic E-state index is -0.347. The lowest BCUT2D eigenvalue weighted by molar-refractivity contribution is -0.121. The van der Waals surface area contributed by atoms with E-state index in [1.54, 1.807) is 25.7 Å². The smallest absolute Gasteiger partial charge is 0.241 e. The number of benzene rings is 1. The Morgan fingerprint density at radius 1 is 1.53 bits per heavy atom. The van der Waals surface area contributed by atoms with Crippen LogP contribution in [0.15, 0.2) is 23.1 Å². The van der Waals surface area contributed by atoms with Crippen LogP contribution in [0.25, 0.3) is 0 Å². The average molecular weight is 297 g/mol. The molecule has 0 heterocycles. The fraction of sp³-hybridized carbons (Fsp3) is 0.385. The van der Waals surface area contributed by atoms with Gasteiger partial charge in [0, 0.05) is 23.2 Å². The molecule has 19 heavy (non-hydrogen) atoms. The van der Waals surface area contributed by atoms with E-state index < -0.39 is 0 Å². The second-order valence-electron chi connectivity index (χ2n) is 3.96. The summed E-state index contributed by atoms with van der Waals surface area (Å²) in [6.45, 7) is 3.86. The number of hydrogen-bond donors (Lipinski definition) is 3. The molecule has 1 atom stereocenters. The van der Waals surface area contributed by atoms with Gasteiger partial charge in [-0.05, 0) is 24.8 Å². The van der Waals surface area contributed by atoms with E-state index in [9.17, 15) is 4.79 Å². The first-order chi connectivity index (χ1) is 9.01. The highest BCUT2D eigenvalue weighted by Crippen LogP contribution is 2.28. The van der Waals surface area contributed by atoms with E-state index in [2.05, 4.69) is 17.6 Å². The number of thiocarbonyl (C=S) groups is 1. The number of carbonyl (C=O) groups excluding carboxylic acids is 1. The molecule has 1 amide bonds. The SMILES string of the molecule is CCSc1cccc(NC(C)C(=O)NC)c1C(N)=S. The molecule has 0 aliphatic rings. The molecular weight excluding hydrogens is 278 g/mol. The number of likely N-dealkylation sites (N-methyl/N-ethyl adjacent to an activating group) is 1. The van der Waals surface area contributed by atoms with Gasteiger partial charge in [0.15, 0.2) is 0 Å². The fourth-order valence-electron chi connectivity index (χ4n) is 1.70. The summed E-state index contributed by atoms with van der Waals surface area (Å²) in [6.07, 6.45) is 0. The van der Waals surface area contributed by atoms with Crippen LogP contribution in [0.5, 0.6) is 0 Å². The average Bonchev–Trinajstić information content (AvgIpc) is 2.37. The van der Waals surface area contributed by atoms with Crippen molar-refractivity contribution in [1.29, 1.82) is 0 Å². The first kappa shape index (κ1) is 15.8. The molecule has 1 aromatic carbocycles. The van der Waals surface area contributed by atoms with Crippen molar-refractivity contribution in [1.82, 2.24) is 5.32 Å². The minimum absolute atomic E-state index is 0.0811. The lowest BCUT2D eigenvalue weighted by atomic mass is 10.1. The van der Waals surface area contributed by atoms with E-state index in [0.717, 1.165) is 21.9 Å². The van der Waals surface area contributed by atoms with Crippen LogP contribution in [-0.2, 0) is 4.79 Å². The maximum Gasteiger partial charge on any atom is 0.241 e. The standard InChI is InChI=1S/C13H19N3OS2/c1-4-19-10-7-5-6-9(11(10)12(14)18)16-8(2)13(17)15-3/h5-8,16H,4H2,1-3H3,(H2,14,18)(H,15,17). The number of anilines is 1. The largest absolute Gasteiger partial charge is 0.389 e. The van der Waals surface area contributed by atoms with E-state index in [0.29, 0.717) is 4.99 Å². The molecule has 0 saturated heterocycles. The monoisotopic (exact) mass is 297 g/mol. The zero-order valence-corrected chi connectivity index (χ0v) is 13.0. The van der Waals surface area contributed by atoms with Crippen LogP contribution in [-0.4, -0.2) is 29.7 Å². The highest BCUT2D eigenvalue weighted by atomic mass is 32.2. The van der Waals surface area contributed by atoms with Crippen molar-refractivity contribution in [3.05, 3.63) is 23.8 Å². The second-order valence-corrected chi connectivity index (χ2v) is 5.70. The number of amides is 1. The summed E-state index contributed by atoms with van der Waals surface area (Å²) >= 11 is 6.80. The first-order valence-electron chi connectivity index (χ1n) is 6.05. The number of thioether (sulfide) groups is 1. The maximum absolute atomic E-state index is 11.6. The summed E-state index contributed by atoms with van der Waals surface area (Å²) in [7, 11) is 1.61. The molecule has 4 N–H and O–H groups in total. The number of hydrogen-bond acceptors (Lipinski definition) is 4. The summed E-state index contributed by atoms with van der Waals surface area (Å²) in [5, 5.41) is 5.75. The van der Waals surface area contributed by atoms with Crippen molar-refractivity contribution in [2.75, 3.05) is 18.1 Å². The van der Waals surface area contributed by atoms with Gasteiger partial charge in [0.1, 0.15) is 11.0 Å². The first-order valence-corrected chi connectivity index (χ1v) is 7.44. The Kier molecular flexibility index (Phi) is 6.11. The van der Waals surface area contributed by atoms with Gasteiger partial charge in [-0.2, -0.15) is 0 Å². The van der Waals surface area contributed by atoms with Crippen LogP contribution in [0.4, 0.5) is 5.69 Å². The van der Waals surface area contributed by atoms with Crippen molar-refractivity contribution in [2.24, 2.45) is 5.73 Å². The van der Waals surface area contributed by atoms with Crippen LogP contribution in [0.1, 0.15) is 19.4 Å². The lowest BCUT2D eigenvalue weighted by Gasteiger charge is -2.18. The molecule has 1 aromatic rings. The van der Waals surface area contributed by atoms with Crippen molar-refractivity contribution in [3.8, 4) is 0 Å². The molecule has 0 fully saturated rings. The second kappa shape index (κ2) is 7.35. The third kappa shape index (κ3) is 4.11. The van der Waals surface area contributed by atoms with E-state index >= 15 is 0 Å². The fourth-order valence-corrected chi connectivity index (χ4v) is 2.83. The molecule has 0 radical (unpaired) electrons. The van der Waals surface area contributed by atoms with Gasteiger partial charge in [-0.15, -0.1) is 11.8 Å². The highest BCUT2D eigenvalue weighted by molar-refractivity contribution is 7.99. The topological polar surface area (TPSA) is 67.2 Å². The summed E-state index contributed by atoms with van der Waals surface area (Å²) < 4.78 is 0. The molecule has 0 aromatic heterocycles. The predicted molar refractivity (Wildman–Crippen MR) is 85.9 cm³/mol. The summed E-state index contributed by atoms with van der Waals surface area (Å²) in [6, 6.07) is 5.45. The van der Waals surface area contributed by atoms with Gasteiger partial charge in [-0.25, -0.2) is 0 Å². The molecule has 0 bridgehead atoms. The molecule has 0 aliphatic carbocycles. The van der Waals surface area contributed by atoms with Gasteiger partial charge in [0.25, 0.3) is 0 Å². The summed E-state index contributed by atoms with van der Waals surface area (Å²) in [5.41, 5.74) is 7.41. The number of nitrogens with one attached hydrogen (secondary N) is 2. The van der Waals surface area contributed by atoms with Crippen molar-refractivity contribution in [3.63, 3.8) is 0 Å². The van der Waals surface area contributed by atoms with E-state index in [-0.39, 0.29) is 11.9 Å².